The smallest absolute Gasteiger partial charge is 0.268 e. The van der Waals surface area contributed by atoms with Gasteiger partial charge in [-0.2, -0.15) is 4.98 Å². The van der Waals surface area contributed by atoms with Crippen LogP contribution in [0.1, 0.15) is 57.8 Å². The van der Waals surface area contributed by atoms with E-state index in [0.717, 1.165) is 41.1 Å². The van der Waals surface area contributed by atoms with Crippen LogP contribution in [-0.4, -0.2) is 16.0 Å². The zero-order valence-electron chi connectivity index (χ0n) is 15.0. The largest absolute Gasteiger partial charge is 0.333 e. The highest BCUT2D eigenvalue weighted by atomic mass is 35.5. The van der Waals surface area contributed by atoms with Gasteiger partial charge in [-0.25, -0.2) is 0 Å². The van der Waals surface area contributed by atoms with Crippen molar-refractivity contribution in [1.82, 2.24) is 10.1 Å². The molecule has 0 unspecified atom stereocenters. The van der Waals surface area contributed by atoms with E-state index in [1.165, 1.54) is 11.3 Å². The van der Waals surface area contributed by atoms with Crippen LogP contribution in [0, 0.1) is 12.3 Å². The molecule has 0 aromatic carbocycles. The highest BCUT2D eigenvalue weighted by Gasteiger charge is 2.36. The predicted octanol–water partition coefficient (Wildman–Crippen LogP) is 4.24. The van der Waals surface area contributed by atoms with Crippen LogP contribution in [0.5, 0.6) is 0 Å². The minimum Gasteiger partial charge on any atom is -0.333 e. The first-order valence-electron chi connectivity index (χ1n) is 8.24. The third kappa shape index (κ3) is 4.04. The fourth-order valence-electron chi connectivity index (χ4n) is 2.80. The lowest BCUT2D eigenvalue weighted by Crippen LogP contribution is -2.34. The summed E-state index contributed by atoms with van der Waals surface area (Å²) in [6, 6.07) is 1.93. The number of amides is 1. The van der Waals surface area contributed by atoms with Crippen molar-refractivity contribution < 1.29 is 9.32 Å². The number of rotatable bonds is 3. The summed E-state index contributed by atoms with van der Waals surface area (Å²) >= 11 is 1.44. The van der Waals surface area contributed by atoms with Gasteiger partial charge in [0, 0.05) is 5.41 Å². The summed E-state index contributed by atoms with van der Waals surface area (Å²) in [4.78, 5) is 17.5. The van der Waals surface area contributed by atoms with Gasteiger partial charge in [0.05, 0.1) is 15.4 Å². The molecule has 25 heavy (non-hydrogen) atoms. The van der Waals surface area contributed by atoms with Crippen LogP contribution in [0.25, 0.3) is 10.8 Å². The van der Waals surface area contributed by atoms with Crippen molar-refractivity contribution in [3.63, 3.8) is 0 Å². The predicted molar refractivity (Wildman–Crippen MR) is 102 cm³/mol. The van der Waals surface area contributed by atoms with E-state index in [4.69, 9.17) is 10.3 Å². The summed E-state index contributed by atoms with van der Waals surface area (Å²) in [6.07, 6.45) is 3.98. The van der Waals surface area contributed by atoms with Gasteiger partial charge in [0.15, 0.2) is 5.82 Å². The van der Waals surface area contributed by atoms with Crippen molar-refractivity contribution in [2.24, 2.45) is 11.1 Å². The zero-order valence-corrected chi connectivity index (χ0v) is 16.6. The monoisotopic (exact) mass is 384 g/mol. The Labute approximate surface area is 158 Å². The van der Waals surface area contributed by atoms with Crippen LogP contribution in [-0.2, 0) is 10.3 Å². The third-order valence-corrected chi connectivity index (χ3v) is 5.54. The second-order valence-corrected chi connectivity index (χ2v) is 8.67. The van der Waals surface area contributed by atoms with Crippen molar-refractivity contribution in [3.05, 3.63) is 17.5 Å². The minimum absolute atomic E-state index is 0. The number of aryl methyl sites for hydroxylation is 1. The van der Waals surface area contributed by atoms with Gasteiger partial charge in [-0.15, -0.1) is 23.7 Å². The van der Waals surface area contributed by atoms with Crippen LogP contribution in [0.15, 0.2) is 10.6 Å². The first kappa shape index (κ1) is 19.9. The lowest BCUT2D eigenvalue weighted by molar-refractivity contribution is -0.123. The van der Waals surface area contributed by atoms with Gasteiger partial charge in [0.2, 0.25) is 5.91 Å². The molecule has 0 spiro atoms. The molecule has 0 radical (unpaired) electrons. The Morgan fingerprint density at radius 1 is 1.36 bits per heavy atom. The van der Waals surface area contributed by atoms with Gasteiger partial charge in [-0.05, 0) is 31.4 Å². The quantitative estimate of drug-likeness (QED) is 0.825. The number of aromatic nitrogens is 2. The maximum atomic E-state index is 12.1. The van der Waals surface area contributed by atoms with Gasteiger partial charge in [0.25, 0.3) is 5.89 Å². The molecule has 0 atom stereocenters. The maximum Gasteiger partial charge on any atom is 0.268 e. The highest BCUT2D eigenvalue weighted by molar-refractivity contribution is 7.19. The molecule has 1 saturated carbocycles. The van der Waals surface area contributed by atoms with Crippen LogP contribution in [0.4, 0.5) is 5.00 Å². The number of hydrogen-bond acceptors (Lipinski definition) is 6. The number of carbonyl (C=O) groups is 1. The van der Waals surface area contributed by atoms with E-state index in [-0.39, 0.29) is 18.3 Å². The molecule has 3 N–H and O–H groups in total. The molecule has 1 aliphatic rings. The standard InChI is InChI=1S/C17H24N4O2S.ClH/c1-10-9-11(19-15(22)16(2,3)4)24-12(10)13-20-14(21-23-13)17(18)7-5-6-8-17;/h9H,5-8,18H2,1-4H3,(H,19,22);1H. The molecular weight excluding hydrogens is 360 g/mol. The third-order valence-electron chi connectivity index (χ3n) is 4.40. The van der Waals surface area contributed by atoms with Crippen molar-refractivity contribution >= 4 is 34.7 Å². The fourth-order valence-corrected chi connectivity index (χ4v) is 3.79. The minimum atomic E-state index is -0.462. The maximum absolute atomic E-state index is 12.1. The van der Waals surface area contributed by atoms with Crippen LogP contribution >= 0.6 is 23.7 Å². The van der Waals surface area contributed by atoms with Crippen LogP contribution in [0.3, 0.4) is 0 Å². The topological polar surface area (TPSA) is 94.0 Å². The molecule has 8 heteroatoms. The number of anilines is 1. The average molecular weight is 385 g/mol. The summed E-state index contributed by atoms with van der Waals surface area (Å²) in [5.41, 5.74) is 6.48. The Morgan fingerprint density at radius 3 is 2.60 bits per heavy atom. The Kier molecular flexibility index (Phi) is 5.61. The number of carbonyl (C=O) groups excluding carboxylic acids is 1. The number of nitrogens with one attached hydrogen (secondary N) is 1. The molecule has 1 aliphatic carbocycles. The first-order valence-corrected chi connectivity index (χ1v) is 9.06. The lowest BCUT2D eigenvalue weighted by Gasteiger charge is -2.17. The molecule has 1 fully saturated rings. The van der Waals surface area contributed by atoms with Gasteiger partial charge in [-0.3, -0.25) is 4.79 Å². The van der Waals surface area contributed by atoms with E-state index in [0.29, 0.717) is 11.7 Å². The SMILES string of the molecule is Cc1cc(NC(=O)C(C)(C)C)sc1-c1nc(C2(N)CCCC2)no1.Cl. The summed E-state index contributed by atoms with van der Waals surface area (Å²) in [7, 11) is 0. The molecule has 2 heterocycles. The Balaban J connectivity index is 0.00000225. The van der Waals surface area contributed by atoms with E-state index in [1.807, 2.05) is 33.8 Å². The Morgan fingerprint density at radius 2 is 2.00 bits per heavy atom. The van der Waals surface area contributed by atoms with Gasteiger partial charge in [-0.1, -0.05) is 38.8 Å². The molecule has 2 aromatic heterocycles. The summed E-state index contributed by atoms with van der Waals surface area (Å²) < 4.78 is 5.45. The average Bonchev–Trinajstić information content (AvgIpc) is 3.18. The van der Waals surface area contributed by atoms with Crippen molar-refractivity contribution in [1.29, 1.82) is 0 Å². The molecule has 6 nitrogen and oxygen atoms in total. The van der Waals surface area contributed by atoms with Crippen molar-refractivity contribution in [2.45, 2.75) is 58.9 Å². The molecule has 0 aliphatic heterocycles. The number of nitrogens with two attached hydrogens (primary N) is 1. The number of thiophene rings is 1. The summed E-state index contributed by atoms with van der Waals surface area (Å²) in [5, 5.41) is 7.84. The molecule has 138 valence electrons. The van der Waals surface area contributed by atoms with Gasteiger partial charge < -0.3 is 15.6 Å². The zero-order chi connectivity index (χ0) is 17.5. The van der Waals surface area contributed by atoms with E-state index >= 15 is 0 Å². The first-order chi connectivity index (χ1) is 11.2. The van der Waals surface area contributed by atoms with Crippen LogP contribution in [0.2, 0.25) is 0 Å². The van der Waals surface area contributed by atoms with E-state index in [2.05, 4.69) is 15.5 Å². The Bertz CT molecular complexity index is 757. The summed E-state index contributed by atoms with van der Waals surface area (Å²) in [5.74, 6) is 1.04. The van der Waals surface area contributed by atoms with Crippen LogP contribution < -0.4 is 11.1 Å². The second-order valence-electron chi connectivity index (χ2n) is 7.61. The fraction of sp³-hybridized carbons (Fsp3) is 0.588. The molecule has 0 saturated heterocycles. The molecule has 2 aromatic rings. The second kappa shape index (κ2) is 7.05. The summed E-state index contributed by atoms with van der Waals surface area (Å²) in [6.45, 7) is 7.62. The van der Waals surface area contributed by atoms with Crippen molar-refractivity contribution in [3.8, 4) is 10.8 Å². The van der Waals surface area contributed by atoms with Gasteiger partial charge in [0.1, 0.15) is 0 Å². The van der Waals surface area contributed by atoms with E-state index < -0.39 is 11.0 Å². The molecule has 1 amide bonds. The normalized spacial score (nSPS) is 16.5. The number of halogens is 1. The Hall–Kier alpha value is -1.44. The van der Waals surface area contributed by atoms with E-state index in [9.17, 15) is 4.79 Å². The lowest BCUT2D eigenvalue weighted by atomic mass is 9.96. The van der Waals surface area contributed by atoms with Crippen molar-refractivity contribution in [2.75, 3.05) is 5.32 Å². The highest BCUT2D eigenvalue weighted by Crippen LogP contribution is 2.38. The number of hydrogen-bond donors (Lipinski definition) is 2. The molecule has 0 bridgehead atoms. The molecular formula is C17H25ClN4O2S. The molecule has 3 rings (SSSR count). The van der Waals surface area contributed by atoms with E-state index in [1.54, 1.807) is 0 Å². The number of nitrogens with zero attached hydrogens (tertiary/aromatic N) is 2. The van der Waals surface area contributed by atoms with Gasteiger partial charge >= 0.3 is 0 Å².